The molecule has 2 aromatic carbocycles. The Morgan fingerprint density at radius 3 is 2.92 bits per heavy atom. The highest BCUT2D eigenvalue weighted by atomic mass is 15.1. The SMILES string of the molecule is CN1Cc2cc(-c3cccnn3)ccc2C(c2ccc3cc[nH]c3c2)C1. The first-order chi connectivity index (χ1) is 12.8. The zero-order chi connectivity index (χ0) is 17.5. The van der Waals surface area contributed by atoms with Crippen LogP contribution in [-0.2, 0) is 6.54 Å². The largest absolute Gasteiger partial charge is 0.361 e. The molecule has 0 saturated heterocycles. The summed E-state index contributed by atoms with van der Waals surface area (Å²) in [6.07, 6.45) is 3.71. The number of aromatic amines is 1. The smallest absolute Gasteiger partial charge is 0.0929 e. The summed E-state index contributed by atoms with van der Waals surface area (Å²) >= 11 is 0. The number of hydrogen-bond acceptors (Lipinski definition) is 3. The van der Waals surface area contributed by atoms with Crippen LogP contribution in [0.1, 0.15) is 22.6 Å². The molecule has 1 N–H and O–H groups in total. The molecule has 3 heterocycles. The highest BCUT2D eigenvalue weighted by Crippen LogP contribution is 2.35. The first kappa shape index (κ1) is 15.3. The third kappa shape index (κ3) is 2.59. The Hall–Kier alpha value is -2.98. The second kappa shape index (κ2) is 6.07. The van der Waals surface area contributed by atoms with Gasteiger partial charge in [0.05, 0.1) is 5.69 Å². The standard InChI is InChI=1S/C22H20N4/c1-26-13-18-11-17(21-3-2-9-24-25-21)6-7-19(18)20(14-26)16-5-4-15-8-10-23-22(15)12-16/h2-12,20,23H,13-14H2,1H3. The van der Waals surface area contributed by atoms with Crippen molar-refractivity contribution < 1.29 is 0 Å². The molecule has 0 amide bonds. The first-order valence-electron chi connectivity index (χ1n) is 8.94. The van der Waals surface area contributed by atoms with E-state index in [4.69, 9.17) is 0 Å². The molecule has 1 aliphatic heterocycles. The molecular weight excluding hydrogens is 320 g/mol. The van der Waals surface area contributed by atoms with Crippen molar-refractivity contribution in [1.29, 1.82) is 0 Å². The Morgan fingerprint density at radius 2 is 2.04 bits per heavy atom. The van der Waals surface area contributed by atoms with Gasteiger partial charge in [-0.05, 0) is 59.5 Å². The van der Waals surface area contributed by atoms with Crippen LogP contribution in [0.15, 0.2) is 67.0 Å². The quantitative estimate of drug-likeness (QED) is 0.595. The van der Waals surface area contributed by atoms with E-state index < -0.39 is 0 Å². The lowest BCUT2D eigenvalue weighted by Gasteiger charge is -2.33. The molecule has 0 bridgehead atoms. The van der Waals surface area contributed by atoms with Crippen LogP contribution in [-0.4, -0.2) is 33.7 Å². The molecule has 26 heavy (non-hydrogen) atoms. The van der Waals surface area contributed by atoms with Crippen LogP contribution in [0.3, 0.4) is 0 Å². The molecule has 4 heteroatoms. The van der Waals surface area contributed by atoms with Crippen molar-refractivity contribution in [3.63, 3.8) is 0 Å². The van der Waals surface area contributed by atoms with Gasteiger partial charge in [-0.25, -0.2) is 0 Å². The van der Waals surface area contributed by atoms with Gasteiger partial charge in [-0.2, -0.15) is 10.2 Å². The molecule has 0 spiro atoms. The summed E-state index contributed by atoms with van der Waals surface area (Å²) in [6, 6.07) is 19.6. The van der Waals surface area contributed by atoms with E-state index in [1.54, 1.807) is 6.20 Å². The van der Waals surface area contributed by atoms with Gasteiger partial charge in [0, 0.05) is 42.5 Å². The molecule has 1 aliphatic rings. The van der Waals surface area contributed by atoms with Gasteiger partial charge in [0.1, 0.15) is 0 Å². The van der Waals surface area contributed by atoms with Crippen molar-refractivity contribution in [2.45, 2.75) is 12.5 Å². The molecule has 2 aromatic heterocycles. The average molecular weight is 340 g/mol. The predicted octanol–water partition coefficient (Wildman–Crippen LogP) is 4.20. The van der Waals surface area contributed by atoms with Crippen molar-refractivity contribution in [2.24, 2.45) is 0 Å². The maximum absolute atomic E-state index is 4.25. The van der Waals surface area contributed by atoms with Gasteiger partial charge in [0.15, 0.2) is 0 Å². The van der Waals surface area contributed by atoms with Gasteiger partial charge in [0.2, 0.25) is 0 Å². The monoisotopic (exact) mass is 340 g/mol. The third-order valence-electron chi connectivity index (χ3n) is 5.30. The number of nitrogens with zero attached hydrogens (tertiary/aromatic N) is 3. The highest BCUT2D eigenvalue weighted by molar-refractivity contribution is 5.80. The molecule has 0 saturated carbocycles. The number of aromatic nitrogens is 3. The summed E-state index contributed by atoms with van der Waals surface area (Å²) in [7, 11) is 2.19. The van der Waals surface area contributed by atoms with Gasteiger partial charge in [0.25, 0.3) is 0 Å². The van der Waals surface area contributed by atoms with Gasteiger partial charge >= 0.3 is 0 Å². The zero-order valence-electron chi connectivity index (χ0n) is 14.7. The fraction of sp³-hybridized carbons (Fsp3) is 0.182. The Balaban J connectivity index is 1.59. The topological polar surface area (TPSA) is 44.8 Å². The molecule has 4 aromatic rings. The molecule has 1 atom stereocenters. The predicted molar refractivity (Wildman–Crippen MR) is 104 cm³/mol. The number of nitrogens with one attached hydrogen (secondary N) is 1. The fourth-order valence-electron chi connectivity index (χ4n) is 4.03. The number of rotatable bonds is 2. The van der Waals surface area contributed by atoms with Crippen LogP contribution in [0.2, 0.25) is 0 Å². The Kier molecular flexibility index (Phi) is 3.57. The van der Waals surface area contributed by atoms with E-state index >= 15 is 0 Å². The summed E-state index contributed by atoms with van der Waals surface area (Å²) in [5, 5.41) is 9.53. The fourth-order valence-corrected chi connectivity index (χ4v) is 4.03. The maximum Gasteiger partial charge on any atom is 0.0929 e. The van der Waals surface area contributed by atoms with Crippen molar-refractivity contribution >= 4 is 10.9 Å². The molecular formula is C22H20N4. The van der Waals surface area contributed by atoms with Crippen molar-refractivity contribution in [3.8, 4) is 11.3 Å². The molecule has 4 nitrogen and oxygen atoms in total. The minimum absolute atomic E-state index is 0.382. The highest BCUT2D eigenvalue weighted by Gasteiger charge is 2.25. The molecule has 0 radical (unpaired) electrons. The van der Waals surface area contributed by atoms with Crippen LogP contribution in [0, 0.1) is 0 Å². The van der Waals surface area contributed by atoms with Crippen LogP contribution in [0.4, 0.5) is 0 Å². The van der Waals surface area contributed by atoms with E-state index in [0.717, 1.165) is 24.3 Å². The lowest BCUT2D eigenvalue weighted by atomic mass is 9.83. The van der Waals surface area contributed by atoms with Gasteiger partial charge in [-0.3, -0.25) is 0 Å². The minimum Gasteiger partial charge on any atom is -0.361 e. The average Bonchev–Trinajstić information content (AvgIpc) is 3.15. The summed E-state index contributed by atoms with van der Waals surface area (Å²) in [5.74, 6) is 0.382. The Morgan fingerprint density at radius 1 is 1.08 bits per heavy atom. The van der Waals surface area contributed by atoms with E-state index in [2.05, 4.69) is 69.6 Å². The molecule has 1 unspecified atom stereocenters. The van der Waals surface area contributed by atoms with Crippen LogP contribution in [0.25, 0.3) is 22.2 Å². The van der Waals surface area contributed by atoms with Crippen molar-refractivity contribution in [2.75, 3.05) is 13.6 Å². The summed E-state index contributed by atoms with van der Waals surface area (Å²) < 4.78 is 0. The van der Waals surface area contributed by atoms with E-state index in [1.165, 1.54) is 27.6 Å². The third-order valence-corrected chi connectivity index (χ3v) is 5.30. The zero-order valence-corrected chi connectivity index (χ0v) is 14.7. The normalized spacial score (nSPS) is 17.3. The lowest BCUT2D eigenvalue weighted by Crippen LogP contribution is -2.31. The second-order valence-corrected chi connectivity index (χ2v) is 7.10. The first-order valence-corrected chi connectivity index (χ1v) is 8.94. The van der Waals surface area contributed by atoms with Crippen LogP contribution < -0.4 is 0 Å². The molecule has 0 fully saturated rings. The van der Waals surface area contributed by atoms with E-state index in [0.29, 0.717) is 5.92 Å². The van der Waals surface area contributed by atoms with E-state index in [9.17, 15) is 0 Å². The Bertz CT molecular complexity index is 1070. The molecule has 0 aliphatic carbocycles. The van der Waals surface area contributed by atoms with Crippen LogP contribution in [0.5, 0.6) is 0 Å². The van der Waals surface area contributed by atoms with Gasteiger partial charge < -0.3 is 9.88 Å². The van der Waals surface area contributed by atoms with Crippen LogP contribution >= 0.6 is 0 Å². The molecule has 128 valence electrons. The number of benzene rings is 2. The van der Waals surface area contributed by atoms with Gasteiger partial charge in [-0.15, -0.1) is 0 Å². The van der Waals surface area contributed by atoms with Crippen molar-refractivity contribution in [1.82, 2.24) is 20.1 Å². The molecule has 5 rings (SSSR count). The summed E-state index contributed by atoms with van der Waals surface area (Å²) in [5.41, 5.74) is 7.41. The second-order valence-electron chi connectivity index (χ2n) is 7.10. The van der Waals surface area contributed by atoms with Crippen molar-refractivity contribution in [3.05, 3.63) is 83.7 Å². The minimum atomic E-state index is 0.382. The number of hydrogen-bond donors (Lipinski definition) is 1. The summed E-state index contributed by atoms with van der Waals surface area (Å²) in [4.78, 5) is 5.73. The maximum atomic E-state index is 4.25. The summed E-state index contributed by atoms with van der Waals surface area (Å²) in [6.45, 7) is 1.99. The number of fused-ring (bicyclic) bond motifs is 2. The van der Waals surface area contributed by atoms with E-state index in [-0.39, 0.29) is 0 Å². The Labute approximate surface area is 152 Å². The lowest BCUT2D eigenvalue weighted by molar-refractivity contribution is 0.295. The van der Waals surface area contributed by atoms with Gasteiger partial charge in [-0.1, -0.05) is 24.3 Å². The number of likely N-dealkylation sites (N-methyl/N-ethyl adjacent to an activating group) is 1. The van der Waals surface area contributed by atoms with E-state index in [1.807, 2.05) is 18.3 Å². The number of H-pyrrole nitrogens is 1.